The van der Waals surface area contributed by atoms with Crippen LogP contribution in [-0.4, -0.2) is 50.3 Å². The first-order chi connectivity index (χ1) is 11.9. The third kappa shape index (κ3) is 3.56. The molecule has 0 aromatic carbocycles. The molecule has 13 nitrogen and oxygen atoms in total. The van der Waals surface area contributed by atoms with Crippen LogP contribution in [0.25, 0.3) is 21.6 Å². The first-order valence-corrected chi connectivity index (χ1v) is 8.60. The van der Waals surface area contributed by atoms with Gasteiger partial charge in [0.15, 0.2) is 11.5 Å². The number of fused-ring (bicyclic) bond motifs is 1. The smallest absolute Gasteiger partial charge is 0.382 e. The Hall–Kier alpha value is -2.27. The minimum atomic E-state index is -4.17. The topological polar surface area (TPSA) is 183 Å². The predicted molar refractivity (Wildman–Crippen MR) is 84.0 cm³/mol. The zero-order valence-electron chi connectivity index (χ0n) is 13.0. The van der Waals surface area contributed by atoms with Gasteiger partial charge in [-0.2, -0.15) is 0 Å². The average molecular weight is 370 g/mol. The molecule has 0 radical (unpaired) electrons. The van der Waals surface area contributed by atoms with Crippen molar-refractivity contribution < 1.29 is 23.2 Å². The molecule has 0 amide bonds. The maximum Gasteiger partial charge on any atom is 0.472 e. The van der Waals surface area contributed by atoms with Crippen LogP contribution < -0.4 is 5.73 Å². The zero-order chi connectivity index (χ0) is 18.0. The van der Waals surface area contributed by atoms with E-state index in [1.807, 2.05) is 0 Å². The van der Waals surface area contributed by atoms with Crippen molar-refractivity contribution in [2.75, 3.05) is 19.5 Å². The number of azide groups is 1. The first-order valence-electron chi connectivity index (χ1n) is 7.11. The Balaban J connectivity index is 1.82. The van der Waals surface area contributed by atoms with E-state index in [-0.39, 0.29) is 12.4 Å². The molecular weight excluding hydrogens is 355 g/mol. The molecule has 1 aliphatic rings. The molecule has 2 unspecified atom stereocenters. The highest BCUT2D eigenvalue weighted by Gasteiger charge is 2.38. The predicted octanol–water partition coefficient (Wildman–Crippen LogP) is 1.14. The maximum absolute atomic E-state index is 11.4. The summed E-state index contributed by atoms with van der Waals surface area (Å²) in [5.41, 5.74) is 15.4. The van der Waals surface area contributed by atoms with Crippen LogP contribution >= 0.6 is 7.82 Å². The summed E-state index contributed by atoms with van der Waals surface area (Å²) in [5, 5.41) is 3.66. The lowest BCUT2D eigenvalue weighted by Gasteiger charge is -2.17. The number of anilines is 1. The molecule has 2 aromatic heterocycles. The third-order valence-electron chi connectivity index (χ3n) is 3.73. The molecule has 25 heavy (non-hydrogen) atoms. The van der Waals surface area contributed by atoms with Crippen LogP contribution in [0.5, 0.6) is 0 Å². The van der Waals surface area contributed by atoms with Crippen molar-refractivity contribution in [3.8, 4) is 0 Å². The van der Waals surface area contributed by atoms with Gasteiger partial charge in [-0.1, -0.05) is 5.11 Å². The van der Waals surface area contributed by atoms with Gasteiger partial charge in [0.05, 0.1) is 25.1 Å². The Morgan fingerprint density at radius 3 is 3.12 bits per heavy atom. The Kier molecular flexibility index (Phi) is 4.86. The molecule has 3 rings (SSSR count). The monoisotopic (exact) mass is 370 g/mol. The zero-order valence-corrected chi connectivity index (χ0v) is 13.9. The van der Waals surface area contributed by atoms with Crippen molar-refractivity contribution in [2.24, 2.45) is 5.11 Å². The van der Waals surface area contributed by atoms with Gasteiger partial charge >= 0.3 is 7.82 Å². The second-order valence-corrected chi connectivity index (χ2v) is 6.73. The van der Waals surface area contributed by atoms with Gasteiger partial charge in [0.2, 0.25) is 0 Å². The lowest BCUT2D eigenvalue weighted by molar-refractivity contribution is -0.0238. The highest BCUT2D eigenvalue weighted by atomic mass is 31.2. The minimum absolute atomic E-state index is 0.231. The summed E-state index contributed by atoms with van der Waals surface area (Å²) in [6.45, 7) is -0.286. The normalized spacial score (nSPS) is 25.6. The van der Waals surface area contributed by atoms with Crippen molar-refractivity contribution in [1.82, 2.24) is 19.5 Å². The average Bonchev–Trinajstić information content (AvgIpc) is 3.18. The van der Waals surface area contributed by atoms with Crippen LogP contribution in [0.2, 0.25) is 0 Å². The van der Waals surface area contributed by atoms with E-state index in [9.17, 15) is 9.46 Å². The van der Waals surface area contributed by atoms with Crippen LogP contribution in [0.15, 0.2) is 17.8 Å². The van der Waals surface area contributed by atoms with Gasteiger partial charge in [0.25, 0.3) is 0 Å². The molecule has 1 fully saturated rings. The van der Waals surface area contributed by atoms with Gasteiger partial charge in [0, 0.05) is 18.4 Å². The molecule has 3 heterocycles. The molecule has 14 heteroatoms. The molecule has 0 saturated carbocycles. The Morgan fingerprint density at radius 1 is 1.60 bits per heavy atom. The number of nitrogen functional groups attached to an aromatic ring is 1. The van der Waals surface area contributed by atoms with E-state index in [0.717, 1.165) is 7.11 Å². The summed E-state index contributed by atoms with van der Waals surface area (Å²) in [6.07, 6.45) is 1.79. The molecule has 0 spiro atoms. The van der Waals surface area contributed by atoms with Gasteiger partial charge in [-0.05, 0) is 5.53 Å². The summed E-state index contributed by atoms with van der Waals surface area (Å²) in [7, 11) is -3.12. The first kappa shape index (κ1) is 17.5. The Morgan fingerprint density at radius 2 is 2.40 bits per heavy atom. The molecule has 1 saturated heterocycles. The second-order valence-electron chi connectivity index (χ2n) is 5.17. The summed E-state index contributed by atoms with van der Waals surface area (Å²) < 4.78 is 28.0. The molecule has 4 atom stereocenters. The SMILES string of the molecule is COP(=O)(O)OC[C@H]1OC(n2cnc3c(N)ncnc32)C[C@H]1N=[N+]=[N-]. The molecule has 1 aliphatic heterocycles. The van der Waals surface area contributed by atoms with Gasteiger partial charge in [0.1, 0.15) is 18.1 Å². The molecule has 3 N–H and O–H groups in total. The van der Waals surface area contributed by atoms with Crippen LogP contribution in [0.4, 0.5) is 5.82 Å². The van der Waals surface area contributed by atoms with Crippen LogP contribution in [0, 0.1) is 0 Å². The number of hydrogen-bond donors (Lipinski definition) is 2. The van der Waals surface area contributed by atoms with E-state index in [0.29, 0.717) is 17.6 Å². The number of phosphoric ester groups is 1. The number of rotatable bonds is 6. The van der Waals surface area contributed by atoms with E-state index >= 15 is 0 Å². The fourth-order valence-corrected chi connectivity index (χ4v) is 2.97. The number of imidazole rings is 1. The van der Waals surface area contributed by atoms with Crippen LogP contribution in [-0.2, 0) is 18.3 Å². The van der Waals surface area contributed by atoms with E-state index in [2.05, 4.69) is 29.5 Å². The van der Waals surface area contributed by atoms with Gasteiger partial charge < -0.3 is 15.4 Å². The van der Waals surface area contributed by atoms with E-state index in [1.165, 1.54) is 12.7 Å². The van der Waals surface area contributed by atoms with E-state index < -0.39 is 26.2 Å². The molecule has 0 bridgehead atoms. The van der Waals surface area contributed by atoms with Crippen molar-refractivity contribution >= 4 is 24.8 Å². The fourth-order valence-electron chi connectivity index (χ4n) is 2.52. The van der Waals surface area contributed by atoms with Crippen LogP contribution in [0.3, 0.4) is 0 Å². The summed E-state index contributed by atoms with van der Waals surface area (Å²) in [4.78, 5) is 24.3. The number of aromatic nitrogens is 4. The number of hydrogen-bond acceptors (Lipinski definition) is 9. The lowest BCUT2D eigenvalue weighted by atomic mass is 10.1. The maximum atomic E-state index is 11.4. The number of phosphoric acid groups is 1. The highest BCUT2D eigenvalue weighted by molar-refractivity contribution is 7.47. The second kappa shape index (κ2) is 6.92. The van der Waals surface area contributed by atoms with Crippen LogP contribution in [0.1, 0.15) is 12.6 Å². The Labute approximate surface area is 141 Å². The van der Waals surface area contributed by atoms with Crippen molar-refractivity contribution in [2.45, 2.75) is 24.8 Å². The fraction of sp³-hybridized carbons (Fsp3) is 0.545. The van der Waals surface area contributed by atoms with Gasteiger partial charge in [-0.15, -0.1) is 0 Å². The summed E-state index contributed by atoms with van der Waals surface area (Å²) in [6, 6.07) is -0.608. The van der Waals surface area contributed by atoms with E-state index in [4.69, 9.17) is 20.5 Å². The minimum Gasteiger partial charge on any atom is -0.382 e. The number of ether oxygens (including phenoxy) is 1. The highest BCUT2D eigenvalue weighted by Crippen LogP contribution is 2.43. The molecular formula is C11H15N8O5P. The number of nitrogens with two attached hydrogens (primary N) is 1. The standard InChI is InChI=1S/C11H15N8O5P/c1-22-25(20,21)23-3-7-6(17-18-13)2-8(24-7)19-5-16-9-10(12)14-4-15-11(9)19/h4-8H,2-3H2,1H3,(H,20,21)(H2,12,14,15)/t6-,7-,8?/m1/s1. The number of nitrogens with zero attached hydrogens (tertiary/aromatic N) is 7. The van der Waals surface area contributed by atoms with Crippen molar-refractivity contribution in [3.63, 3.8) is 0 Å². The summed E-state index contributed by atoms with van der Waals surface area (Å²) in [5.74, 6) is 0.231. The largest absolute Gasteiger partial charge is 0.472 e. The quantitative estimate of drug-likeness (QED) is 0.325. The van der Waals surface area contributed by atoms with Crippen molar-refractivity contribution in [3.05, 3.63) is 23.1 Å². The van der Waals surface area contributed by atoms with E-state index in [1.54, 1.807) is 4.57 Å². The summed E-state index contributed by atoms with van der Waals surface area (Å²) >= 11 is 0. The Bertz CT molecular complexity index is 867. The molecule has 2 aromatic rings. The van der Waals surface area contributed by atoms with Gasteiger partial charge in [-0.3, -0.25) is 13.6 Å². The third-order valence-corrected chi connectivity index (χ3v) is 4.67. The molecule has 0 aliphatic carbocycles. The van der Waals surface area contributed by atoms with Gasteiger partial charge in [-0.25, -0.2) is 19.5 Å². The lowest BCUT2D eigenvalue weighted by Crippen LogP contribution is -2.24. The molecule has 134 valence electrons. The van der Waals surface area contributed by atoms with Crippen molar-refractivity contribution in [1.29, 1.82) is 0 Å².